The molecule has 2 amide bonds. The molecule has 1 unspecified atom stereocenters. The maximum absolute atomic E-state index is 12.5. The zero-order valence-electron chi connectivity index (χ0n) is 21.5. The van der Waals surface area contributed by atoms with E-state index < -0.39 is 6.09 Å². The molecule has 2 aromatic carbocycles. The van der Waals surface area contributed by atoms with Crippen LogP contribution in [0.25, 0.3) is 11.1 Å². The first-order chi connectivity index (χ1) is 19.1. The summed E-state index contributed by atoms with van der Waals surface area (Å²) in [5.74, 6) is 1.83. The molecule has 2 fully saturated rings. The molecule has 0 spiro atoms. The van der Waals surface area contributed by atoms with Crippen molar-refractivity contribution in [1.82, 2.24) is 15.6 Å². The lowest BCUT2D eigenvalue weighted by Crippen LogP contribution is -2.46. The number of ether oxygens (including phenoxy) is 3. The average Bonchev–Trinajstić information content (AvgIpc) is 3.30. The highest BCUT2D eigenvalue weighted by molar-refractivity contribution is 5.95. The monoisotopic (exact) mass is 529 g/mol. The molecule has 2 atom stereocenters. The molecule has 1 aromatic heterocycles. The Kier molecular flexibility index (Phi) is 7.29. The van der Waals surface area contributed by atoms with Gasteiger partial charge in [0.25, 0.3) is 5.91 Å². The first kappa shape index (κ1) is 25.1. The van der Waals surface area contributed by atoms with Gasteiger partial charge in [-0.1, -0.05) is 30.3 Å². The van der Waals surface area contributed by atoms with Crippen LogP contribution in [0.15, 0.2) is 60.7 Å². The van der Waals surface area contributed by atoms with E-state index in [9.17, 15) is 9.59 Å². The molecule has 4 heterocycles. The highest BCUT2D eigenvalue weighted by Gasteiger charge is 2.33. The number of benzene rings is 2. The van der Waals surface area contributed by atoms with Gasteiger partial charge >= 0.3 is 6.09 Å². The van der Waals surface area contributed by atoms with Gasteiger partial charge in [0, 0.05) is 12.6 Å². The number of hydrogen-bond donors (Lipinski definition) is 3. The fourth-order valence-corrected chi connectivity index (χ4v) is 4.77. The number of amides is 2. The molecular weight excluding hydrogens is 498 g/mol. The number of cyclic esters (lactones) is 1. The van der Waals surface area contributed by atoms with Gasteiger partial charge in [-0.05, 0) is 73.0 Å². The van der Waals surface area contributed by atoms with Crippen molar-refractivity contribution in [3.63, 3.8) is 0 Å². The SMILES string of the molecule is O=C1COc2ccc(N3CC(CCNCc4cccc(-c5cccc(OC[C@@H]6CCN6)c5)c4)OC3=O)nc2N1. The fourth-order valence-electron chi connectivity index (χ4n) is 4.77. The molecular formula is C29H31N5O5. The molecule has 0 radical (unpaired) electrons. The molecule has 39 heavy (non-hydrogen) atoms. The van der Waals surface area contributed by atoms with E-state index in [-0.39, 0.29) is 18.6 Å². The molecule has 0 aliphatic carbocycles. The quantitative estimate of drug-likeness (QED) is 0.343. The van der Waals surface area contributed by atoms with Crippen molar-refractivity contribution >= 4 is 23.6 Å². The summed E-state index contributed by atoms with van der Waals surface area (Å²) in [4.78, 5) is 29.9. The number of hydrogen-bond acceptors (Lipinski definition) is 8. The lowest BCUT2D eigenvalue weighted by Gasteiger charge is -2.27. The van der Waals surface area contributed by atoms with Crippen molar-refractivity contribution in [3.05, 3.63) is 66.2 Å². The zero-order chi connectivity index (χ0) is 26.6. The third-order valence-corrected chi connectivity index (χ3v) is 7.05. The van der Waals surface area contributed by atoms with Crippen molar-refractivity contribution in [2.45, 2.75) is 31.5 Å². The van der Waals surface area contributed by atoms with E-state index >= 15 is 0 Å². The van der Waals surface area contributed by atoms with Gasteiger partial charge in [-0.15, -0.1) is 0 Å². The standard InChI is InChI=1S/C29H31N5O5/c35-27-18-38-25-7-8-26(32-28(25)33-27)34-16-24(39-29(34)36)10-11-30-15-19-3-1-4-20(13-19)21-5-2-6-23(14-21)37-17-22-9-12-31-22/h1-8,13-14,22,24,30-31H,9-12,15-18H2,(H,32,33,35)/t22-,24?/m0/s1. The second kappa shape index (κ2) is 11.3. The van der Waals surface area contributed by atoms with Crippen LogP contribution in [0.2, 0.25) is 0 Å². The maximum Gasteiger partial charge on any atom is 0.415 e. The Morgan fingerprint density at radius 1 is 1.08 bits per heavy atom. The van der Waals surface area contributed by atoms with Crippen molar-refractivity contribution in [1.29, 1.82) is 0 Å². The third-order valence-electron chi connectivity index (χ3n) is 7.05. The average molecular weight is 530 g/mol. The van der Waals surface area contributed by atoms with E-state index in [1.807, 2.05) is 12.1 Å². The van der Waals surface area contributed by atoms with Crippen LogP contribution in [-0.2, 0) is 16.1 Å². The summed E-state index contributed by atoms with van der Waals surface area (Å²) in [7, 11) is 0. The van der Waals surface area contributed by atoms with Gasteiger partial charge in [-0.25, -0.2) is 9.78 Å². The van der Waals surface area contributed by atoms with Crippen molar-refractivity contribution in [2.75, 3.05) is 43.1 Å². The number of anilines is 2. The normalized spacial score (nSPS) is 19.9. The summed E-state index contributed by atoms with van der Waals surface area (Å²) in [6.07, 6.45) is 1.14. The van der Waals surface area contributed by atoms with Gasteiger partial charge in [0.1, 0.15) is 24.3 Å². The summed E-state index contributed by atoms with van der Waals surface area (Å²) in [6, 6.07) is 20.5. The van der Waals surface area contributed by atoms with E-state index in [1.54, 1.807) is 12.1 Å². The fraction of sp³-hybridized carbons (Fsp3) is 0.345. The van der Waals surface area contributed by atoms with Crippen LogP contribution < -0.4 is 30.3 Å². The molecule has 2 saturated heterocycles. The lowest BCUT2D eigenvalue weighted by molar-refractivity contribution is -0.118. The van der Waals surface area contributed by atoms with Crippen LogP contribution in [0, 0.1) is 0 Å². The predicted octanol–water partition coefficient (Wildman–Crippen LogP) is 3.33. The molecule has 10 nitrogen and oxygen atoms in total. The molecule has 10 heteroatoms. The van der Waals surface area contributed by atoms with E-state index in [2.05, 4.69) is 57.3 Å². The van der Waals surface area contributed by atoms with Crippen LogP contribution in [0.5, 0.6) is 11.5 Å². The summed E-state index contributed by atoms with van der Waals surface area (Å²) < 4.78 is 16.9. The summed E-state index contributed by atoms with van der Waals surface area (Å²) in [6.45, 7) is 3.51. The molecule has 3 aromatic rings. The first-order valence-electron chi connectivity index (χ1n) is 13.3. The van der Waals surface area contributed by atoms with Crippen LogP contribution in [0.3, 0.4) is 0 Å². The number of pyridine rings is 1. The highest BCUT2D eigenvalue weighted by atomic mass is 16.6. The number of nitrogens with one attached hydrogen (secondary N) is 3. The van der Waals surface area contributed by atoms with Crippen LogP contribution in [-0.4, -0.2) is 62.0 Å². The van der Waals surface area contributed by atoms with Crippen molar-refractivity contribution < 1.29 is 23.8 Å². The second-order valence-electron chi connectivity index (χ2n) is 9.91. The number of carbonyl (C=O) groups is 2. The van der Waals surface area contributed by atoms with Gasteiger partial charge in [-0.2, -0.15) is 0 Å². The summed E-state index contributed by atoms with van der Waals surface area (Å²) >= 11 is 0. The Morgan fingerprint density at radius 2 is 1.92 bits per heavy atom. The first-order valence-corrected chi connectivity index (χ1v) is 13.3. The number of rotatable bonds is 10. The maximum atomic E-state index is 12.5. The Balaban J connectivity index is 0.989. The van der Waals surface area contributed by atoms with Crippen LogP contribution >= 0.6 is 0 Å². The number of nitrogens with zero attached hydrogens (tertiary/aromatic N) is 2. The zero-order valence-corrected chi connectivity index (χ0v) is 21.5. The molecule has 6 rings (SSSR count). The van der Waals surface area contributed by atoms with Crippen LogP contribution in [0.1, 0.15) is 18.4 Å². The molecule has 3 aliphatic heterocycles. The van der Waals surface area contributed by atoms with Crippen LogP contribution in [0.4, 0.5) is 16.4 Å². The van der Waals surface area contributed by atoms with Crippen molar-refractivity contribution in [2.24, 2.45) is 0 Å². The largest absolute Gasteiger partial charge is 0.492 e. The Labute approximate surface area is 226 Å². The minimum absolute atomic E-state index is 0.0419. The van der Waals surface area contributed by atoms with E-state index in [4.69, 9.17) is 14.2 Å². The van der Waals surface area contributed by atoms with Crippen molar-refractivity contribution in [3.8, 4) is 22.6 Å². The van der Waals surface area contributed by atoms with Gasteiger partial charge in [0.2, 0.25) is 0 Å². The smallest absolute Gasteiger partial charge is 0.415 e. The van der Waals surface area contributed by atoms with Gasteiger partial charge in [-0.3, -0.25) is 9.69 Å². The lowest BCUT2D eigenvalue weighted by atomic mass is 10.0. The number of carbonyl (C=O) groups excluding carboxylic acids is 2. The number of aromatic nitrogens is 1. The van der Waals surface area contributed by atoms with Gasteiger partial charge in [0.15, 0.2) is 18.2 Å². The molecule has 3 aliphatic rings. The summed E-state index contributed by atoms with van der Waals surface area (Å²) in [5, 5.41) is 9.48. The topological polar surface area (TPSA) is 114 Å². The van der Waals surface area contributed by atoms with E-state index in [1.165, 1.54) is 16.9 Å². The second-order valence-corrected chi connectivity index (χ2v) is 9.91. The molecule has 202 valence electrons. The Morgan fingerprint density at radius 3 is 2.77 bits per heavy atom. The summed E-state index contributed by atoms with van der Waals surface area (Å²) in [5.41, 5.74) is 3.43. The minimum atomic E-state index is -0.446. The van der Waals surface area contributed by atoms with Gasteiger partial charge < -0.3 is 30.2 Å². The highest BCUT2D eigenvalue weighted by Crippen LogP contribution is 2.30. The third kappa shape index (κ3) is 5.97. The predicted molar refractivity (Wildman–Crippen MR) is 146 cm³/mol. The Hall–Kier alpha value is -4.15. The number of fused-ring (bicyclic) bond motifs is 1. The molecule has 0 bridgehead atoms. The minimum Gasteiger partial charge on any atom is -0.492 e. The van der Waals surface area contributed by atoms with E-state index in [0.29, 0.717) is 56.1 Å². The molecule has 3 N–H and O–H groups in total. The molecule has 0 saturated carbocycles. The Bertz CT molecular complexity index is 1360. The van der Waals surface area contributed by atoms with E-state index in [0.717, 1.165) is 23.4 Å². The van der Waals surface area contributed by atoms with Gasteiger partial charge in [0.05, 0.1) is 6.54 Å².